The van der Waals surface area contributed by atoms with Crippen LogP contribution in [-0.4, -0.2) is 31.2 Å². The van der Waals surface area contributed by atoms with Crippen LogP contribution in [0.25, 0.3) is 0 Å². The number of nitrogens with zero attached hydrogens (tertiary/aromatic N) is 1. The Balaban J connectivity index is 2.98. The van der Waals surface area contributed by atoms with Gasteiger partial charge in [-0.05, 0) is 12.3 Å². The zero-order valence-corrected chi connectivity index (χ0v) is 11.4. The fourth-order valence-electron chi connectivity index (χ4n) is 1.44. The van der Waals surface area contributed by atoms with Crippen LogP contribution in [-0.2, 0) is 10.0 Å². The van der Waals surface area contributed by atoms with Gasteiger partial charge in [-0.1, -0.05) is 20.8 Å². The second-order valence-electron chi connectivity index (χ2n) is 5.13. The Bertz CT molecular complexity index is 473. The van der Waals surface area contributed by atoms with Crippen molar-refractivity contribution in [3.05, 3.63) is 11.9 Å². The number of nitrogens with two attached hydrogens (primary N) is 1. The van der Waals surface area contributed by atoms with Crippen molar-refractivity contribution in [3.63, 3.8) is 0 Å². The highest BCUT2D eigenvalue weighted by Crippen LogP contribution is 2.21. The van der Waals surface area contributed by atoms with Gasteiger partial charge in [0, 0.05) is 12.6 Å². The van der Waals surface area contributed by atoms with Gasteiger partial charge >= 0.3 is 0 Å². The fraction of sp³-hybridized carbons (Fsp3) is 0.700. The molecule has 0 radical (unpaired) electrons. The molecule has 0 bridgehead atoms. The van der Waals surface area contributed by atoms with E-state index in [9.17, 15) is 8.42 Å². The number of rotatable bonds is 4. The quantitative estimate of drug-likeness (QED) is 0.728. The van der Waals surface area contributed by atoms with Crippen molar-refractivity contribution in [3.8, 4) is 0 Å². The molecule has 0 saturated carbocycles. The number of hydrogen-bond donors (Lipinski definition) is 3. The van der Waals surface area contributed by atoms with Crippen LogP contribution in [0.15, 0.2) is 11.1 Å². The van der Waals surface area contributed by atoms with Crippen molar-refractivity contribution in [1.29, 1.82) is 0 Å². The molecule has 1 aromatic heterocycles. The largest absolute Gasteiger partial charge is 0.329 e. The Labute approximate surface area is 102 Å². The normalized spacial score (nSPS) is 14.9. The highest BCUT2D eigenvalue weighted by atomic mass is 32.2. The summed E-state index contributed by atoms with van der Waals surface area (Å²) in [5.41, 5.74) is 5.89. The molecule has 98 valence electrons. The first-order chi connectivity index (χ1) is 7.68. The van der Waals surface area contributed by atoms with Crippen molar-refractivity contribution in [2.75, 3.05) is 6.54 Å². The fourth-order valence-corrected chi connectivity index (χ4v) is 3.03. The first-order valence-electron chi connectivity index (χ1n) is 5.41. The van der Waals surface area contributed by atoms with E-state index in [1.165, 1.54) is 6.20 Å². The number of hydrogen-bond acceptors (Lipinski definition) is 4. The van der Waals surface area contributed by atoms with Gasteiger partial charge in [0.05, 0.1) is 11.9 Å². The summed E-state index contributed by atoms with van der Waals surface area (Å²) in [6.45, 7) is 7.73. The molecule has 1 aromatic rings. The topological polar surface area (TPSA) is 101 Å². The van der Waals surface area contributed by atoms with Crippen LogP contribution in [0.1, 0.15) is 26.5 Å². The molecule has 1 rings (SSSR count). The third-order valence-electron chi connectivity index (χ3n) is 2.65. The number of aryl methyl sites for hydroxylation is 1. The molecule has 4 N–H and O–H groups in total. The molecule has 0 saturated heterocycles. The van der Waals surface area contributed by atoms with Gasteiger partial charge in [0.1, 0.15) is 4.90 Å². The molecular weight excluding hydrogens is 240 g/mol. The van der Waals surface area contributed by atoms with Crippen molar-refractivity contribution in [2.45, 2.75) is 38.6 Å². The number of sulfonamides is 1. The van der Waals surface area contributed by atoms with E-state index < -0.39 is 10.0 Å². The first kappa shape index (κ1) is 14.1. The van der Waals surface area contributed by atoms with Crippen LogP contribution >= 0.6 is 0 Å². The molecule has 6 nitrogen and oxygen atoms in total. The lowest BCUT2D eigenvalue weighted by atomic mass is 9.88. The summed E-state index contributed by atoms with van der Waals surface area (Å²) >= 11 is 0. The highest BCUT2D eigenvalue weighted by Gasteiger charge is 2.29. The second kappa shape index (κ2) is 4.75. The van der Waals surface area contributed by atoms with Crippen LogP contribution in [0.2, 0.25) is 0 Å². The van der Waals surface area contributed by atoms with Crippen LogP contribution in [0, 0.1) is 12.3 Å². The molecule has 17 heavy (non-hydrogen) atoms. The number of H-pyrrole nitrogens is 1. The Hall–Kier alpha value is -0.920. The molecular formula is C10H20N4O2S. The summed E-state index contributed by atoms with van der Waals surface area (Å²) < 4.78 is 26.8. The van der Waals surface area contributed by atoms with Crippen LogP contribution in [0.5, 0.6) is 0 Å². The molecule has 7 heteroatoms. The predicted octanol–water partition coefficient (Wildman–Crippen LogP) is 0.370. The maximum Gasteiger partial charge on any atom is 0.244 e. The summed E-state index contributed by atoms with van der Waals surface area (Å²) in [6.07, 6.45) is 1.30. The standard InChI is InChI=1S/C10H20N4O2S/c1-7-8(6-12-13-7)17(15,16)14-9(5-11)10(2,3)4/h6,9,14H,5,11H2,1-4H3,(H,12,13). The lowest BCUT2D eigenvalue weighted by Gasteiger charge is -2.29. The summed E-state index contributed by atoms with van der Waals surface area (Å²) in [7, 11) is -3.57. The SMILES string of the molecule is Cc1[nH]ncc1S(=O)(=O)NC(CN)C(C)(C)C. The van der Waals surface area contributed by atoms with Gasteiger partial charge in [-0.15, -0.1) is 0 Å². The van der Waals surface area contributed by atoms with Gasteiger partial charge in [0.2, 0.25) is 10.0 Å². The summed E-state index contributed by atoms with van der Waals surface area (Å²) in [5.74, 6) is 0. The predicted molar refractivity (Wildman–Crippen MR) is 65.9 cm³/mol. The van der Waals surface area contributed by atoms with E-state index in [1.807, 2.05) is 20.8 Å². The molecule has 1 atom stereocenters. The van der Waals surface area contributed by atoms with Gasteiger partial charge in [0.15, 0.2) is 0 Å². The molecule has 0 aliphatic heterocycles. The van der Waals surface area contributed by atoms with Gasteiger partial charge < -0.3 is 5.73 Å². The van der Waals surface area contributed by atoms with E-state index >= 15 is 0 Å². The zero-order chi connectivity index (χ0) is 13.3. The average Bonchev–Trinajstić information content (AvgIpc) is 2.59. The second-order valence-corrected chi connectivity index (χ2v) is 6.82. The smallest absolute Gasteiger partial charge is 0.244 e. The number of aromatic amines is 1. The van der Waals surface area contributed by atoms with Crippen LogP contribution in [0.4, 0.5) is 0 Å². The van der Waals surface area contributed by atoms with E-state index in [0.717, 1.165) is 0 Å². The van der Waals surface area contributed by atoms with E-state index in [0.29, 0.717) is 5.69 Å². The Morgan fingerprint density at radius 3 is 2.47 bits per heavy atom. The number of nitrogens with one attached hydrogen (secondary N) is 2. The Morgan fingerprint density at radius 2 is 2.12 bits per heavy atom. The molecule has 0 spiro atoms. The molecule has 1 unspecified atom stereocenters. The zero-order valence-electron chi connectivity index (χ0n) is 10.6. The van der Waals surface area contributed by atoms with E-state index in [4.69, 9.17) is 5.73 Å². The maximum absolute atomic E-state index is 12.1. The van der Waals surface area contributed by atoms with Gasteiger partial charge in [-0.25, -0.2) is 13.1 Å². The molecule has 0 fully saturated rings. The number of aromatic nitrogens is 2. The van der Waals surface area contributed by atoms with Gasteiger partial charge in [-0.3, -0.25) is 5.10 Å². The van der Waals surface area contributed by atoms with E-state index in [1.54, 1.807) is 6.92 Å². The van der Waals surface area contributed by atoms with E-state index in [2.05, 4.69) is 14.9 Å². The molecule has 0 aliphatic carbocycles. The molecule has 1 heterocycles. The average molecular weight is 260 g/mol. The third-order valence-corrected chi connectivity index (χ3v) is 4.24. The minimum Gasteiger partial charge on any atom is -0.329 e. The van der Waals surface area contributed by atoms with Crippen molar-refractivity contribution in [1.82, 2.24) is 14.9 Å². The lowest BCUT2D eigenvalue weighted by molar-refractivity contribution is 0.304. The van der Waals surface area contributed by atoms with Gasteiger partial charge in [-0.2, -0.15) is 5.10 Å². The molecule has 0 aromatic carbocycles. The first-order valence-corrected chi connectivity index (χ1v) is 6.89. The summed E-state index contributed by atoms with van der Waals surface area (Å²) in [4.78, 5) is 0.167. The van der Waals surface area contributed by atoms with Gasteiger partial charge in [0.25, 0.3) is 0 Å². The van der Waals surface area contributed by atoms with E-state index in [-0.39, 0.29) is 22.9 Å². The van der Waals surface area contributed by atoms with Crippen LogP contribution < -0.4 is 10.5 Å². The third kappa shape index (κ3) is 3.27. The monoisotopic (exact) mass is 260 g/mol. The minimum atomic E-state index is -3.57. The minimum absolute atomic E-state index is 0.167. The molecule has 0 aliphatic rings. The maximum atomic E-state index is 12.1. The summed E-state index contributed by atoms with van der Waals surface area (Å²) in [6, 6.07) is -0.318. The summed E-state index contributed by atoms with van der Waals surface area (Å²) in [5, 5.41) is 6.31. The van der Waals surface area contributed by atoms with Crippen molar-refractivity contribution >= 4 is 10.0 Å². The lowest BCUT2D eigenvalue weighted by Crippen LogP contribution is -2.48. The molecule has 0 amide bonds. The van der Waals surface area contributed by atoms with Crippen molar-refractivity contribution < 1.29 is 8.42 Å². The highest BCUT2D eigenvalue weighted by molar-refractivity contribution is 7.89. The van der Waals surface area contributed by atoms with Crippen molar-refractivity contribution in [2.24, 2.45) is 11.1 Å². The Kier molecular flexibility index (Phi) is 3.95. The Morgan fingerprint density at radius 1 is 1.53 bits per heavy atom. The van der Waals surface area contributed by atoms with Crippen LogP contribution in [0.3, 0.4) is 0 Å².